The molecule has 3 atom stereocenters. The maximum absolute atomic E-state index is 11.4. The van der Waals surface area contributed by atoms with Gasteiger partial charge in [-0.05, 0) is 77.4 Å². The molecule has 8 rings (SSSR count). The molecule has 0 aliphatic carbocycles. The van der Waals surface area contributed by atoms with Gasteiger partial charge in [-0.2, -0.15) is 0 Å². The van der Waals surface area contributed by atoms with Crippen LogP contribution in [0.15, 0.2) is 109 Å². The minimum absolute atomic E-state index is 0.00123. The number of aromatic nitrogens is 4. The fourth-order valence-electron chi connectivity index (χ4n) is 7.20. The number of nitrogens with zero attached hydrogens (tertiary/aromatic N) is 6. The van der Waals surface area contributed by atoms with Crippen molar-refractivity contribution in [2.24, 2.45) is 11.8 Å². The molecule has 2 saturated heterocycles. The number of rotatable bonds is 8. The van der Waals surface area contributed by atoms with Crippen LogP contribution in [0.4, 0.5) is 16.7 Å². The summed E-state index contributed by atoms with van der Waals surface area (Å²) in [6.07, 6.45) is 4.57. The molecule has 270 valence electrons. The van der Waals surface area contributed by atoms with Crippen molar-refractivity contribution in [2.75, 3.05) is 43.4 Å². The Morgan fingerprint density at radius 2 is 1.26 bits per heavy atom. The number of anilines is 2. The van der Waals surface area contributed by atoms with Crippen molar-refractivity contribution in [3.05, 3.63) is 109 Å². The van der Waals surface area contributed by atoms with Crippen molar-refractivity contribution in [1.29, 1.82) is 0 Å². The molecule has 6 aromatic rings. The van der Waals surface area contributed by atoms with Crippen molar-refractivity contribution in [3.63, 3.8) is 0 Å². The molecule has 0 saturated carbocycles. The fourth-order valence-corrected chi connectivity index (χ4v) is 7.20. The molecule has 1 unspecified atom stereocenters. The number of benzene rings is 4. The number of carboxylic acid groups (broad SMARTS) is 1. The van der Waals surface area contributed by atoms with Crippen molar-refractivity contribution >= 4 is 45.4 Å². The number of carbonyl (C=O) groups excluding carboxylic acids is 1. The molecule has 53 heavy (non-hydrogen) atoms. The quantitative estimate of drug-likeness (QED) is 0.146. The fraction of sp³-hybridized carbons (Fsp3) is 0.286. The highest BCUT2D eigenvalue weighted by atomic mass is 16.4. The Morgan fingerprint density at radius 3 is 1.77 bits per heavy atom. The highest BCUT2D eigenvalue weighted by Crippen LogP contribution is 2.27. The number of fused-ring (bicyclic) bond motifs is 2. The molecule has 0 radical (unpaired) electrons. The van der Waals surface area contributed by atoms with E-state index in [2.05, 4.69) is 91.2 Å². The molecule has 3 N–H and O–H groups in total. The van der Waals surface area contributed by atoms with E-state index in [0.717, 1.165) is 55.0 Å². The van der Waals surface area contributed by atoms with E-state index < -0.39 is 6.09 Å². The zero-order valence-electron chi connectivity index (χ0n) is 30.0. The van der Waals surface area contributed by atoms with Gasteiger partial charge in [0.2, 0.25) is 17.8 Å². The predicted molar refractivity (Wildman–Crippen MR) is 210 cm³/mol. The second kappa shape index (κ2) is 16.1. The van der Waals surface area contributed by atoms with Gasteiger partial charge in [-0.15, -0.1) is 0 Å². The van der Waals surface area contributed by atoms with Gasteiger partial charge in [0.15, 0.2) is 0 Å². The van der Waals surface area contributed by atoms with Crippen molar-refractivity contribution in [3.8, 4) is 22.5 Å². The number of amides is 2. The lowest BCUT2D eigenvalue weighted by atomic mass is 10.0. The van der Waals surface area contributed by atoms with Crippen LogP contribution in [0.25, 0.3) is 44.1 Å². The van der Waals surface area contributed by atoms with E-state index >= 15 is 0 Å². The van der Waals surface area contributed by atoms with Crippen LogP contribution in [0.1, 0.15) is 26.7 Å². The first kappa shape index (κ1) is 35.3. The third kappa shape index (κ3) is 8.52. The average Bonchev–Trinajstić information content (AvgIpc) is 3.83. The van der Waals surface area contributed by atoms with Crippen molar-refractivity contribution in [1.82, 2.24) is 29.7 Å². The first-order valence-corrected chi connectivity index (χ1v) is 18.2. The Morgan fingerprint density at radius 1 is 0.717 bits per heavy atom. The van der Waals surface area contributed by atoms with E-state index in [1.807, 2.05) is 48.2 Å². The van der Waals surface area contributed by atoms with Gasteiger partial charge < -0.3 is 25.5 Å². The van der Waals surface area contributed by atoms with E-state index in [9.17, 15) is 14.7 Å². The van der Waals surface area contributed by atoms with E-state index in [1.54, 1.807) is 19.3 Å². The van der Waals surface area contributed by atoms with Gasteiger partial charge in [0.1, 0.15) is 0 Å². The highest BCUT2D eigenvalue weighted by molar-refractivity contribution is 5.87. The highest BCUT2D eigenvalue weighted by Gasteiger charge is 2.33. The van der Waals surface area contributed by atoms with Gasteiger partial charge in [0.05, 0.1) is 11.4 Å². The van der Waals surface area contributed by atoms with Crippen LogP contribution in [-0.2, 0) is 4.79 Å². The van der Waals surface area contributed by atoms with Gasteiger partial charge in [0, 0.05) is 69.2 Å². The zero-order chi connectivity index (χ0) is 36.7. The minimum Gasteiger partial charge on any atom is -0.465 e. The Bertz CT molecular complexity index is 2230. The smallest absolute Gasteiger partial charge is 0.407 e. The van der Waals surface area contributed by atoms with Crippen LogP contribution in [-0.4, -0.2) is 85.6 Å². The minimum atomic E-state index is -0.848. The number of hydrogen-bond donors (Lipinski definition) is 3. The number of nitrogens with one attached hydrogen (secondary N) is 2. The SMILES string of the molecule is CC(=O)N1CC[C@@H](CNc2nccc(-c3ccc4ccccc4c3)n2)C1.CC1[C@H](CNc2nccc(-c3ccc4ccccc4c3)n2)CCN1C(=O)O. The largest absolute Gasteiger partial charge is 0.465 e. The van der Waals surface area contributed by atoms with Crippen LogP contribution < -0.4 is 10.6 Å². The van der Waals surface area contributed by atoms with Crippen LogP contribution >= 0.6 is 0 Å². The summed E-state index contributed by atoms with van der Waals surface area (Å²) in [7, 11) is 0. The molecule has 4 heterocycles. The summed E-state index contributed by atoms with van der Waals surface area (Å²) in [6.45, 7) is 7.27. The van der Waals surface area contributed by atoms with Gasteiger partial charge in [-0.25, -0.2) is 24.7 Å². The van der Waals surface area contributed by atoms with E-state index in [4.69, 9.17) is 0 Å². The molecule has 2 aliphatic rings. The van der Waals surface area contributed by atoms with Gasteiger partial charge in [-0.3, -0.25) is 4.79 Å². The van der Waals surface area contributed by atoms with Crippen LogP contribution in [0.2, 0.25) is 0 Å². The predicted octanol–water partition coefficient (Wildman–Crippen LogP) is 7.67. The van der Waals surface area contributed by atoms with Crippen molar-refractivity contribution < 1.29 is 14.7 Å². The summed E-state index contributed by atoms with van der Waals surface area (Å²) in [5.41, 5.74) is 3.90. The summed E-state index contributed by atoms with van der Waals surface area (Å²) >= 11 is 0. The number of hydrogen-bond acceptors (Lipinski definition) is 8. The lowest BCUT2D eigenvalue weighted by Crippen LogP contribution is -2.36. The van der Waals surface area contributed by atoms with E-state index in [1.165, 1.54) is 26.4 Å². The summed E-state index contributed by atoms with van der Waals surface area (Å²) in [4.78, 5) is 44.0. The van der Waals surface area contributed by atoms with Gasteiger partial charge >= 0.3 is 6.09 Å². The lowest BCUT2D eigenvalue weighted by molar-refractivity contribution is -0.127. The maximum Gasteiger partial charge on any atom is 0.407 e. The Kier molecular flexibility index (Phi) is 10.7. The summed E-state index contributed by atoms with van der Waals surface area (Å²) in [5.74, 6) is 2.07. The normalized spacial score (nSPS) is 18.1. The first-order valence-electron chi connectivity index (χ1n) is 18.2. The average molecular weight is 709 g/mol. The molecular weight excluding hydrogens is 665 g/mol. The molecule has 11 heteroatoms. The molecule has 2 fully saturated rings. The van der Waals surface area contributed by atoms with Gasteiger partial charge in [0.25, 0.3) is 0 Å². The topological polar surface area (TPSA) is 136 Å². The maximum atomic E-state index is 11.4. The first-order chi connectivity index (χ1) is 25.8. The molecule has 11 nitrogen and oxygen atoms in total. The summed E-state index contributed by atoms with van der Waals surface area (Å²) in [5, 5.41) is 20.6. The molecule has 4 aromatic carbocycles. The summed E-state index contributed by atoms with van der Waals surface area (Å²) < 4.78 is 0. The summed E-state index contributed by atoms with van der Waals surface area (Å²) in [6, 6.07) is 33.1. The van der Waals surface area contributed by atoms with Crippen LogP contribution in [0.5, 0.6) is 0 Å². The zero-order valence-corrected chi connectivity index (χ0v) is 30.0. The molecule has 2 aromatic heterocycles. The number of likely N-dealkylation sites (tertiary alicyclic amines) is 2. The van der Waals surface area contributed by atoms with Crippen LogP contribution in [0.3, 0.4) is 0 Å². The Hall–Kier alpha value is -6.10. The molecule has 0 spiro atoms. The lowest BCUT2D eigenvalue weighted by Gasteiger charge is -2.22. The van der Waals surface area contributed by atoms with Crippen LogP contribution in [0, 0.1) is 11.8 Å². The van der Waals surface area contributed by atoms with Gasteiger partial charge in [-0.1, -0.05) is 72.8 Å². The van der Waals surface area contributed by atoms with E-state index in [0.29, 0.717) is 30.9 Å². The van der Waals surface area contributed by atoms with E-state index in [-0.39, 0.29) is 17.9 Å². The Balaban J connectivity index is 0.000000164. The molecule has 0 bridgehead atoms. The molecular formula is C42H44N8O3. The monoisotopic (exact) mass is 708 g/mol. The Labute approximate surface area is 309 Å². The third-order valence-corrected chi connectivity index (χ3v) is 10.4. The van der Waals surface area contributed by atoms with Crippen molar-refractivity contribution in [2.45, 2.75) is 32.7 Å². The number of carbonyl (C=O) groups is 2. The standard InChI is InChI=1S/C21H22N4O2.C21H22N4O/c1-14-18(9-11-25(14)21(26)27)13-23-20-22-10-8-19(24-20)17-7-6-15-4-2-3-5-16(15)12-17;1-15(26)25-11-9-16(14-25)13-23-21-22-10-8-20(24-21)19-7-6-17-4-2-3-5-18(17)12-19/h2-8,10,12,14,18H,9,11,13H2,1H3,(H,26,27)(H,22,23,24);2-8,10,12,16H,9,11,13-14H2,1H3,(H,22,23,24)/t14?,18-;16-/m00/s1. The molecule has 2 aliphatic heterocycles. The second-order valence-corrected chi connectivity index (χ2v) is 13.8. The molecule has 2 amide bonds. The second-order valence-electron chi connectivity index (χ2n) is 13.8. The third-order valence-electron chi connectivity index (χ3n) is 10.4.